The van der Waals surface area contributed by atoms with Crippen LogP contribution in [-0.2, 0) is 4.79 Å². The van der Waals surface area contributed by atoms with Crippen LogP contribution in [0.25, 0.3) is 0 Å². The van der Waals surface area contributed by atoms with Crippen LogP contribution < -0.4 is 5.32 Å². The van der Waals surface area contributed by atoms with Gasteiger partial charge in [-0.1, -0.05) is 0 Å². The van der Waals surface area contributed by atoms with Crippen LogP contribution in [0, 0.1) is 0 Å². The molecule has 3 heteroatoms. The second-order valence-corrected chi connectivity index (χ2v) is 2.62. The number of hydrogen-bond donors (Lipinski definition) is 1. The molecule has 1 saturated heterocycles. The molecule has 1 N–H and O–H groups in total. The topological polar surface area (TPSA) is 29.1 Å². The van der Waals surface area contributed by atoms with E-state index in [1.165, 1.54) is 0 Å². The predicted octanol–water partition coefficient (Wildman–Crippen LogP) is 0.894. The predicted molar refractivity (Wildman–Crippen MR) is 36.5 cm³/mol. The Labute approximate surface area is 59.6 Å². The fourth-order valence-corrected chi connectivity index (χ4v) is 1.23. The minimum absolute atomic E-state index is 0.145. The number of nitrogens with one attached hydrogen (secondary N) is 1. The Hall–Kier alpha value is -0.240. The summed E-state index contributed by atoms with van der Waals surface area (Å²) in [5.41, 5.74) is 0. The third-order valence-electron chi connectivity index (χ3n) is 1.51. The third-order valence-corrected chi connectivity index (χ3v) is 1.88. The van der Waals surface area contributed by atoms with E-state index < -0.39 is 0 Å². The average molecular weight is 148 g/mol. The molecule has 2 nitrogen and oxygen atoms in total. The van der Waals surface area contributed by atoms with Crippen molar-refractivity contribution < 1.29 is 4.79 Å². The van der Waals surface area contributed by atoms with E-state index in [0.717, 1.165) is 12.8 Å². The van der Waals surface area contributed by atoms with Crippen LogP contribution in [-0.4, -0.2) is 17.8 Å². The minimum atomic E-state index is 0.145. The van der Waals surface area contributed by atoms with E-state index in [0.29, 0.717) is 12.3 Å². The molecule has 1 aliphatic heterocycles. The summed E-state index contributed by atoms with van der Waals surface area (Å²) in [4.78, 5) is 10.7. The first-order valence-electron chi connectivity index (χ1n) is 3.18. The molecule has 9 heavy (non-hydrogen) atoms. The summed E-state index contributed by atoms with van der Waals surface area (Å²) < 4.78 is 0. The molecule has 0 aromatic rings. The van der Waals surface area contributed by atoms with Gasteiger partial charge in [0.15, 0.2) is 0 Å². The van der Waals surface area contributed by atoms with E-state index in [4.69, 9.17) is 11.6 Å². The molecule has 0 spiro atoms. The van der Waals surface area contributed by atoms with E-state index in [9.17, 15) is 4.79 Å². The second kappa shape index (κ2) is 3.06. The minimum Gasteiger partial charge on any atom is -0.352 e. The van der Waals surface area contributed by atoms with Crippen LogP contribution >= 0.6 is 11.6 Å². The smallest absolute Gasteiger partial charge is 0.220 e. The lowest BCUT2D eigenvalue weighted by molar-refractivity contribution is -0.123. The lowest BCUT2D eigenvalue weighted by Crippen LogP contribution is -2.39. The van der Waals surface area contributed by atoms with Crippen LogP contribution in [0.15, 0.2) is 0 Å². The first-order valence-corrected chi connectivity index (χ1v) is 3.71. The van der Waals surface area contributed by atoms with Gasteiger partial charge < -0.3 is 5.32 Å². The van der Waals surface area contributed by atoms with Gasteiger partial charge in [0.1, 0.15) is 0 Å². The number of carbonyl (C=O) groups excluding carboxylic acids is 1. The Bertz CT molecular complexity index is 116. The molecular formula is C6H10ClNO. The van der Waals surface area contributed by atoms with Crippen molar-refractivity contribution in [1.82, 2.24) is 5.32 Å². The molecule has 1 aliphatic rings. The quantitative estimate of drug-likeness (QED) is 0.549. The number of hydrogen-bond acceptors (Lipinski definition) is 1. The number of alkyl halides is 1. The molecule has 1 amide bonds. The summed E-state index contributed by atoms with van der Waals surface area (Å²) in [6.45, 7) is 0. The number of rotatable bonds is 1. The lowest BCUT2D eigenvalue weighted by atomic mass is 10.1. The maximum absolute atomic E-state index is 10.7. The molecule has 0 bridgehead atoms. The Kier molecular flexibility index (Phi) is 2.34. The number of halogens is 1. The monoisotopic (exact) mass is 147 g/mol. The van der Waals surface area contributed by atoms with Crippen molar-refractivity contribution in [2.75, 3.05) is 5.88 Å². The summed E-state index contributed by atoms with van der Waals surface area (Å²) >= 11 is 5.53. The highest BCUT2D eigenvalue weighted by Gasteiger charge is 2.15. The first kappa shape index (κ1) is 6.87. The molecule has 0 unspecified atom stereocenters. The van der Waals surface area contributed by atoms with Crippen molar-refractivity contribution in [2.45, 2.75) is 25.3 Å². The molecule has 1 rings (SSSR count). The molecule has 1 atom stereocenters. The largest absolute Gasteiger partial charge is 0.352 e. The number of carbonyl (C=O) groups is 1. The molecule has 0 radical (unpaired) electrons. The van der Waals surface area contributed by atoms with E-state index in [1.54, 1.807) is 0 Å². The van der Waals surface area contributed by atoms with Gasteiger partial charge in [0.25, 0.3) is 0 Å². The molecule has 0 saturated carbocycles. The average Bonchev–Trinajstić information content (AvgIpc) is 1.88. The SMILES string of the molecule is O=C1CCC[C@H](CCl)N1. The Balaban J connectivity index is 2.32. The fourth-order valence-electron chi connectivity index (χ4n) is 0.997. The highest BCUT2D eigenvalue weighted by atomic mass is 35.5. The fraction of sp³-hybridized carbons (Fsp3) is 0.833. The maximum atomic E-state index is 10.7. The molecule has 0 aliphatic carbocycles. The maximum Gasteiger partial charge on any atom is 0.220 e. The zero-order valence-corrected chi connectivity index (χ0v) is 5.95. The van der Waals surface area contributed by atoms with Crippen LogP contribution in [0.4, 0.5) is 0 Å². The second-order valence-electron chi connectivity index (χ2n) is 2.31. The van der Waals surface area contributed by atoms with Crippen LogP contribution in [0.3, 0.4) is 0 Å². The standard InChI is InChI=1S/C6H10ClNO/c7-4-5-2-1-3-6(9)8-5/h5H,1-4H2,(H,8,9)/t5-/m1/s1. The summed E-state index contributed by atoms with van der Waals surface area (Å²) in [6, 6.07) is 0.230. The van der Waals surface area contributed by atoms with Gasteiger partial charge in [0.2, 0.25) is 5.91 Å². The highest BCUT2D eigenvalue weighted by Crippen LogP contribution is 2.08. The summed E-state index contributed by atoms with van der Waals surface area (Å²) in [7, 11) is 0. The van der Waals surface area contributed by atoms with Crippen molar-refractivity contribution in [2.24, 2.45) is 0 Å². The van der Waals surface area contributed by atoms with E-state index in [2.05, 4.69) is 5.32 Å². The molecular weight excluding hydrogens is 138 g/mol. The van der Waals surface area contributed by atoms with Crippen LogP contribution in [0.5, 0.6) is 0 Å². The van der Waals surface area contributed by atoms with Crippen molar-refractivity contribution in [1.29, 1.82) is 0 Å². The molecule has 1 fully saturated rings. The summed E-state index contributed by atoms with van der Waals surface area (Å²) in [5, 5.41) is 2.80. The van der Waals surface area contributed by atoms with Gasteiger partial charge in [-0.05, 0) is 12.8 Å². The van der Waals surface area contributed by atoms with Crippen LogP contribution in [0.1, 0.15) is 19.3 Å². The van der Waals surface area contributed by atoms with Crippen LogP contribution in [0.2, 0.25) is 0 Å². The van der Waals surface area contributed by atoms with Gasteiger partial charge in [-0.15, -0.1) is 11.6 Å². The Morgan fingerprint density at radius 3 is 3.00 bits per heavy atom. The molecule has 1 heterocycles. The highest BCUT2D eigenvalue weighted by molar-refractivity contribution is 6.18. The van der Waals surface area contributed by atoms with Crippen molar-refractivity contribution in [3.05, 3.63) is 0 Å². The first-order chi connectivity index (χ1) is 4.33. The van der Waals surface area contributed by atoms with E-state index in [1.807, 2.05) is 0 Å². The van der Waals surface area contributed by atoms with Crippen molar-refractivity contribution >= 4 is 17.5 Å². The van der Waals surface area contributed by atoms with Crippen molar-refractivity contribution in [3.8, 4) is 0 Å². The summed E-state index contributed by atoms with van der Waals surface area (Å²) in [6.07, 6.45) is 2.70. The van der Waals surface area contributed by atoms with Gasteiger partial charge in [-0.3, -0.25) is 4.79 Å². The zero-order chi connectivity index (χ0) is 6.69. The van der Waals surface area contributed by atoms with Gasteiger partial charge in [0.05, 0.1) is 0 Å². The molecule has 52 valence electrons. The Morgan fingerprint density at radius 2 is 2.56 bits per heavy atom. The van der Waals surface area contributed by atoms with Gasteiger partial charge in [0, 0.05) is 18.3 Å². The van der Waals surface area contributed by atoms with E-state index >= 15 is 0 Å². The number of piperidine rings is 1. The van der Waals surface area contributed by atoms with Gasteiger partial charge >= 0.3 is 0 Å². The zero-order valence-electron chi connectivity index (χ0n) is 5.19. The van der Waals surface area contributed by atoms with Gasteiger partial charge in [-0.25, -0.2) is 0 Å². The molecule has 0 aromatic carbocycles. The normalized spacial score (nSPS) is 27.7. The van der Waals surface area contributed by atoms with Gasteiger partial charge in [-0.2, -0.15) is 0 Å². The van der Waals surface area contributed by atoms with Crippen molar-refractivity contribution in [3.63, 3.8) is 0 Å². The molecule has 0 aromatic heterocycles. The lowest BCUT2D eigenvalue weighted by Gasteiger charge is -2.20. The number of amides is 1. The summed E-state index contributed by atoms with van der Waals surface area (Å²) in [5.74, 6) is 0.693. The Morgan fingerprint density at radius 1 is 1.78 bits per heavy atom. The third kappa shape index (κ3) is 1.86. The van der Waals surface area contributed by atoms with E-state index in [-0.39, 0.29) is 11.9 Å².